The number of carbonyl (C=O) groups excluding carboxylic acids is 1. The van der Waals surface area contributed by atoms with Gasteiger partial charge in [0.15, 0.2) is 0 Å². The first-order valence-corrected chi connectivity index (χ1v) is 12.0. The zero-order valence-corrected chi connectivity index (χ0v) is 17.9. The molecule has 8 heteroatoms. The number of hydrogen-bond donors (Lipinski definition) is 1. The number of rotatable bonds is 5. The number of nitrogens with zero attached hydrogens (tertiary/aromatic N) is 2. The van der Waals surface area contributed by atoms with Crippen molar-refractivity contribution in [2.24, 2.45) is 0 Å². The number of piperidine rings is 1. The number of thiazole rings is 1. The molecular weight excluding hydrogens is 418 g/mol. The van der Waals surface area contributed by atoms with Crippen molar-refractivity contribution in [1.82, 2.24) is 14.6 Å². The summed E-state index contributed by atoms with van der Waals surface area (Å²) in [6, 6.07) is 14.2. The van der Waals surface area contributed by atoms with Gasteiger partial charge in [0.25, 0.3) is 5.91 Å². The van der Waals surface area contributed by atoms with Gasteiger partial charge < -0.3 is 4.90 Å². The first kappa shape index (κ1) is 20.5. The molecule has 1 amide bonds. The molecule has 1 aromatic heterocycles. The minimum atomic E-state index is -3.74. The van der Waals surface area contributed by atoms with Crippen LogP contribution in [0.4, 0.5) is 0 Å². The topological polar surface area (TPSA) is 79.4 Å². The quantitative estimate of drug-likeness (QED) is 0.619. The smallest absolute Gasteiger partial charge is 0.253 e. The van der Waals surface area contributed by atoms with E-state index in [-0.39, 0.29) is 17.3 Å². The maximum absolute atomic E-state index is 12.9. The Morgan fingerprint density at radius 3 is 2.70 bits per heavy atom. The van der Waals surface area contributed by atoms with Crippen LogP contribution in [0.5, 0.6) is 0 Å². The van der Waals surface area contributed by atoms with Crippen LogP contribution in [0.25, 0.3) is 10.2 Å². The van der Waals surface area contributed by atoms with Crippen LogP contribution in [0.1, 0.15) is 34.1 Å². The van der Waals surface area contributed by atoms with Crippen LogP contribution in [0.2, 0.25) is 0 Å². The summed E-state index contributed by atoms with van der Waals surface area (Å²) in [7, 11) is -3.74. The molecule has 0 atom stereocenters. The number of hydrogen-bond acceptors (Lipinski definition) is 5. The predicted molar refractivity (Wildman–Crippen MR) is 118 cm³/mol. The first-order chi connectivity index (χ1) is 14.5. The second-order valence-corrected chi connectivity index (χ2v) is 9.97. The van der Waals surface area contributed by atoms with Crippen LogP contribution in [0, 0.1) is 12.3 Å². The van der Waals surface area contributed by atoms with Gasteiger partial charge >= 0.3 is 0 Å². The van der Waals surface area contributed by atoms with Crippen LogP contribution in [-0.2, 0) is 10.0 Å². The molecular formula is C22H21N3O3S2. The van der Waals surface area contributed by atoms with Crippen molar-refractivity contribution in [1.29, 1.82) is 0 Å². The number of nitrogens with one attached hydrogen (secondary N) is 1. The Labute approximate surface area is 180 Å². The molecule has 3 aromatic rings. The summed E-state index contributed by atoms with van der Waals surface area (Å²) < 4.78 is 28.1. The Morgan fingerprint density at radius 2 is 1.97 bits per heavy atom. The maximum atomic E-state index is 12.9. The molecule has 0 aliphatic carbocycles. The Morgan fingerprint density at radius 1 is 1.20 bits per heavy atom. The van der Waals surface area contributed by atoms with Crippen molar-refractivity contribution >= 4 is 37.5 Å². The summed E-state index contributed by atoms with van der Waals surface area (Å²) in [4.78, 5) is 19.5. The normalized spacial score (nSPS) is 15.2. The van der Waals surface area contributed by atoms with Gasteiger partial charge in [0, 0.05) is 24.6 Å². The molecule has 0 radical (unpaired) electrons. The summed E-state index contributed by atoms with van der Waals surface area (Å²) in [5.74, 6) is 2.42. The van der Waals surface area contributed by atoms with Gasteiger partial charge in [0.05, 0.1) is 26.7 Å². The van der Waals surface area contributed by atoms with Crippen molar-refractivity contribution < 1.29 is 13.2 Å². The average Bonchev–Trinajstić information content (AvgIpc) is 3.22. The van der Waals surface area contributed by atoms with Crippen LogP contribution in [-0.4, -0.2) is 43.8 Å². The SMILES string of the molecule is C#CCNS(=O)(=O)c1cccc(C(=O)N2CCC(c3nc4ccccc4s3)CC2)c1. The van der Waals surface area contributed by atoms with E-state index in [0.717, 1.165) is 23.4 Å². The number of likely N-dealkylation sites (tertiary alicyclic amines) is 1. The number of fused-ring (bicyclic) bond motifs is 1. The number of amides is 1. The molecule has 6 nitrogen and oxygen atoms in total. The summed E-state index contributed by atoms with van der Waals surface area (Å²) in [5, 5.41) is 1.12. The fourth-order valence-corrected chi connectivity index (χ4v) is 5.71. The molecule has 1 fully saturated rings. The van der Waals surface area contributed by atoms with Gasteiger partial charge in [-0.25, -0.2) is 13.4 Å². The highest BCUT2D eigenvalue weighted by atomic mass is 32.2. The lowest BCUT2D eigenvalue weighted by Gasteiger charge is -2.31. The Bertz CT molecular complexity index is 1190. The van der Waals surface area contributed by atoms with E-state index in [0.29, 0.717) is 24.6 Å². The van der Waals surface area contributed by atoms with E-state index in [1.807, 2.05) is 18.2 Å². The molecule has 30 heavy (non-hydrogen) atoms. The van der Waals surface area contributed by atoms with E-state index in [1.54, 1.807) is 28.4 Å². The zero-order valence-electron chi connectivity index (χ0n) is 16.2. The largest absolute Gasteiger partial charge is 0.339 e. The van der Waals surface area contributed by atoms with Crippen LogP contribution >= 0.6 is 11.3 Å². The number of sulfonamides is 1. The molecule has 1 saturated heterocycles. The summed E-state index contributed by atoms with van der Waals surface area (Å²) in [6.07, 6.45) is 6.80. The van der Waals surface area contributed by atoms with Crippen molar-refractivity contribution in [3.63, 3.8) is 0 Å². The van der Waals surface area contributed by atoms with E-state index in [9.17, 15) is 13.2 Å². The lowest BCUT2D eigenvalue weighted by molar-refractivity contribution is 0.0712. The Balaban J connectivity index is 1.44. The second-order valence-electron chi connectivity index (χ2n) is 7.14. The lowest BCUT2D eigenvalue weighted by Crippen LogP contribution is -2.38. The maximum Gasteiger partial charge on any atom is 0.253 e. The minimum Gasteiger partial charge on any atom is -0.339 e. The van der Waals surface area contributed by atoms with E-state index in [2.05, 4.69) is 16.7 Å². The van der Waals surface area contributed by atoms with E-state index < -0.39 is 10.0 Å². The fraction of sp³-hybridized carbons (Fsp3) is 0.273. The Kier molecular flexibility index (Phi) is 5.86. The number of aromatic nitrogens is 1. The van der Waals surface area contributed by atoms with E-state index in [1.165, 1.54) is 16.8 Å². The monoisotopic (exact) mass is 439 g/mol. The highest BCUT2D eigenvalue weighted by Gasteiger charge is 2.27. The van der Waals surface area contributed by atoms with Gasteiger partial charge in [-0.3, -0.25) is 4.79 Å². The number of benzene rings is 2. The summed E-state index contributed by atoms with van der Waals surface area (Å²) in [5.41, 5.74) is 1.38. The second kappa shape index (κ2) is 8.56. The predicted octanol–water partition coefficient (Wildman–Crippen LogP) is 3.23. The van der Waals surface area contributed by atoms with Crippen LogP contribution < -0.4 is 4.72 Å². The first-order valence-electron chi connectivity index (χ1n) is 9.66. The van der Waals surface area contributed by atoms with Crippen LogP contribution in [0.3, 0.4) is 0 Å². The third-order valence-electron chi connectivity index (χ3n) is 5.20. The zero-order chi connectivity index (χ0) is 21.1. The van der Waals surface area contributed by atoms with Gasteiger partial charge in [0.1, 0.15) is 0 Å². The third kappa shape index (κ3) is 4.24. The highest BCUT2D eigenvalue weighted by Crippen LogP contribution is 2.34. The van der Waals surface area contributed by atoms with Crippen LogP contribution in [0.15, 0.2) is 53.4 Å². The molecule has 0 saturated carbocycles. The molecule has 1 N–H and O–H groups in total. The molecule has 1 aliphatic rings. The summed E-state index contributed by atoms with van der Waals surface area (Å²) in [6.45, 7) is 1.14. The number of carbonyl (C=O) groups is 1. The molecule has 154 valence electrons. The molecule has 0 spiro atoms. The van der Waals surface area contributed by atoms with Gasteiger partial charge in [0.2, 0.25) is 10.0 Å². The number of terminal acetylenes is 1. The molecule has 1 aliphatic heterocycles. The third-order valence-corrected chi connectivity index (χ3v) is 7.80. The molecule has 2 aromatic carbocycles. The van der Waals surface area contributed by atoms with Crippen molar-refractivity contribution in [2.75, 3.05) is 19.6 Å². The standard InChI is InChI=1S/C22H21N3O3S2/c1-2-12-23-30(27,28)18-7-5-6-17(15-18)22(26)25-13-10-16(11-14-25)21-24-19-8-3-4-9-20(19)29-21/h1,3-9,15-16,23H,10-14H2. The van der Waals surface area contributed by atoms with E-state index >= 15 is 0 Å². The molecule has 0 bridgehead atoms. The lowest BCUT2D eigenvalue weighted by atomic mass is 9.97. The Hall–Kier alpha value is -2.73. The average molecular weight is 440 g/mol. The van der Waals surface area contributed by atoms with Crippen molar-refractivity contribution in [3.8, 4) is 12.3 Å². The minimum absolute atomic E-state index is 0.0351. The van der Waals surface area contributed by atoms with Crippen molar-refractivity contribution in [3.05, 3.63) is 59.1 Å². The molecule has 2 heterocycles. The molecule has 4 rings (SSSR count). The van der Waals surface area contributed by atoms with E-state index in [4.69, 9.17) is 11.4 Å². The molecule has 0 unspecified atom stereocenters. The highest BCUT2D eigenvalue weighted by molar-refractivity contribution is 7.89. The fourth-order valence-electron chi connectivity index (χ4n) is 3.59. The van der Waals surface area contributed by atoms with Gasteiger partial charge in [-0.05, 0) is 43.2 Å². The van der Waals surface area contributed by atoms with Gasteiger partial charge in [-0.2, -0.15) is 4.72 Å². The summed E-state index contributed by atoms with van der Waals surface area (Å²) >= 11 is 1.72. The number of para-hydroxylation sites is 1. The van der Waals surface area contributed by atoms with Gasteiger partial charge in [-0.1, -0.05) is 24.1 Å². The van der Waals surface area contributed by atoms with Crippen molar-refractivity contribution in [2.45, 2.75) is 23.7 Å². The van der Waals surface area contributed by atoms with Gasteiger partial charge in [-0.15, -0.1) is 17.8 Å².